The zero-order chi connectivity index (χ0) is 13.5. The molecular formula is C14H13NO4. The highest BCUT2D eigenvalue weighted by Gasteiger charge is 2.39. The second-order valence-electron chi connectivity index (χ2n) is 4.98. The lowest BCUT2D eigenvalue weighted by Crippen LogP contribution is -2.10. The summed E-state index contributed by atoms with van der Waals surface area (Å²) in [4.78, 5) is 10.7. The quantitative estimate of drug-likeness (QED) is 0.878. The van der Waals surface area contributed by atoms with Crippen LogP contribution in [0.4, 0.5) is 0 Å². The molecule has 1 heterocycles. The van der Waals surface area contributed by atoms with Gasteiger partial charge in [-0.25, -0.2) is 4.79 Å². The van der Waals surface area contributed by atoms with Gasteiger partial charge in [0.25, 0.3) is 0 Å². The molecule has 19 heavy (non-hydrogen) atoms. The number of carboxylic acid groups (broad SMARTS) is 1. The SMILES string of the molecule is O=C(O)c1cc(-c2ccc(CC3(O)CC3)cc2)no1. The lowest BCUT2D eigenvalue weighted by atomic mass is 10.0. The van der Waals surface area contributed by atoms with Crippen LogP contribution in [0.25, 0.3) is 11.3 Å². The van der Waals surface area contributed by atoms with Crippen LogP contribution in [0.1, 0.15) is 29.0 Å². The molecule has 0 spiro atoms. The maximum Gasteiger partial charge on any atom is 0.374 e. The Balaban J connectivity index is 1.79. The normalized spacial score (nSPS) is 16.3. The number of nitrogens with zero attached hydrogens (tertiary/aromatic N) is 1. The Morgan fingerprint density at radius 1 is 1.32 bits per heavy atom. The molecule has 5 heteroatoms. The average molecular weight is 259 g/mol. The number of carboxylic acids is 1. The van der Waals surface area contributed by atoms with Gasteiger partial charge in [-0.1, -0.05) is 29.4 Å². The lowest BCUT2D eigenvalue weighted by molar-refractivity contribution is 0.0652. The zero-order valence-electron chi connectivity index (χ0n) is 10.2. The molecule has 3 rings (SSSR count). The van der Waals surface area contributed by atoms with Gasteiger partial charge in [0.1, 0.15) is 5.69 Å². The van der Waals surface area contributed by atoms with Crippen molar-refractivity contribution >= 4 is 5.97 Å². The summed E-state index contributed by atoms with van der Waals surface area (Å²) in [5.74, 6) is -1.31. The molecule has 1 saturated carbocycles. The van der Waals surface area contributed by atoms with Gasteiger partial charge in [0.05, 0.1) is 5.60 Å². The Kier molecular flexibility index (Phi) is 2.64. The average Bonchev–Trinajstić information content (AvgIpc) is 2.93. The first-order valence-electron chi connectivity index (χ1n) is 6.07. The van der Waals surface area contributed by atoms with Gasteiger partial charge in [-0.05, 0) is 18.4 Å². The van der Waals surface area contributed by atoms with Crippen LogP contribution in [-0.4, -0.2) is 26.9 Å². The van der Waals surface area contributed by atoms with Crippen LogP contribution in [0.5, 0.6) is 0 Å². The molecular weight excluding hydrogens is 246 g/mol. The Morgan fingerprint density at radius 3 is 2.53 bits per heavy atom. The van der Waals surface area contributed by atoms with Crippen LogP contribution < -0.4 is 0 Å². The van der Waals surface area contributed by atoms with E-state index in [1.807, 2.05) is 24.3 Å². The Hall–Kier alpha value is -2.14. The molecule has 1 aliphatic carbocycles. The van der Waals surface area contributed by atoms with Gasteiger partial charge in [-0.2, -0.15) is 0 Å². The van der Waals surface area contributed by atoms with Crippen molar-refractivity contribution in [2.45, 2.75) is 24.9 Å². The van der Waals surface area contributed by atoms with E-state index in [9.17, 15) is 9.90 Å². The van der Waals surface area contributed by atoms with Crippen molar-refractivity contribution < 1.29 is 19.5 Å². The summed E-state index contributed by atoms with van der Waals surface area (Å²) in [6.45, 7) is 0. The van der Waals surface area contributed by atoms with Gasteiger partial charge < -0.3 is 14.7 Å². The first kappa shape index (κ1) is 11.9. The maximum absolute atomic E-state index is 10.7. The van der Waals surface area contributed by atoms with E-state index >= 15 is 0 Å². The van der Waals surface area contributed by atoms with E-state index in [0.29, 0.717) is 12.1 Å². The Labute approximate surface area is 109 Å². The number of benzene rings is 1. The molecule has 98 valence electrons. The van der Waals surface area contributed by atoms with Crippen molar-refractivity contribution in [1.82, 2.24) is 5.16 Å². The number of aromatic carboxylic acids is 1. The van der Waals surface area contributed by atoms with E-state index < -0.39 is 11.6 Å². The first-order chi connectivity index (χ1) is 9.06. The number of hydrogen-bond acceptors (Lipinski definition) is 4. The van der Waals surface area contributed by atoms with E-state index in [1.165, 1.54) is 6.07 Å². The van der Waals surface area contributed by atoms with Gasteiger partial charge >= 0.3 is 5.97 Å². The van der Waals surface area contributed by atoms with Gasteiger partial charge in [-0.15, -0.1) is 0 Å². The van der Waals surface area contributed by atoms with Crippen molar-refractivity contribution in [3.8, 4) is 11.3 Å². The van der Waals surface area contributed by atoms with E-state index in [1.54, 1.807) is 0 Å². The van der Waals surface area contributed by atoms with Crippen molar-refractivity contribution in [2.75, 3.05) is 0 Å². The molecule has 0 aliphatic heterocycles. The van der Waals surface area contributed by atoms with Crippen LogP contribution in [0.15, 0.2) is 34.9 Å². The summed E-state index contributed by atoms with van der Waals surface area (Å²) >= 11 is 0. The van der Waals surface area contributed by atoms with Crippen LogP contribution in [0.3, 0.4) is 0 Å². The van der Waals surface area contributed by atoms with Crippen molar-refractivity contribution in [3.63, 3.8) is 0 Å². The highest BCUT2D eigenvalue weighted by molar-refractivity contribution is 5.85. The number of aliphatic hydroxyl groups is 1. The summed E-state index contributed by atoms with van der Waals surface area (Å²) in [6.07, 6.45) is 2.38. The van der Waals surface area contributed by atoms with Crippen LogP contribution in [0.2, 0.25) is 0 Å². The highest BCUT2D eigenvalue weighted by Crippen LogP contribution is 2.38. The third-order valence-corrected chi connectivity index (χ3v) is 3.33. The second-order valence-corrected chi connectivity index (χ2v) is 4.98. The first-order valence-corrected chi connectivity index (χ1v) is 6.07. The molecule has 2 N–H and O–H groups in total. The van der Waals surface area contributed by atoms with Gasteiger partial charge in [0, 0.05) is 18.1 Å². The predicted molar refractivity (Wildman–Crippen MR) is 66.8 cm³/mol. The third kappa shape index (κ3) is 2.51. The molecule has 0 radical (unpaired) electrons. The predicted octanol–water partition coefficient (Wildman–Crippen LogP) is 2.11. The second kappa shape index (κ2) is 4.20. The standard InChI is InChI=1S/C14H13NO4/c16-13(17)12-7-11(15-19-12)10-3-1-9(2-4-10)8-14(18)5-6-14/h1-4,7,18H,5-6,8H2,(H,16,17). The van der Waals surface area contributed by atoms with E-state index in [2.05, 4.69) is 5.16 Å². The molecule has 1 fully saturated rings. The fourth-order valence-electron chi connectivity index (χ4n) is 2.01. The topological polar surface area (TPSA) is 83.6 Å². The minimum atomic E-state index is -1.13. The van der Waals surface area contributed by atoms with Crippen molar-refractivity contribution in [3.05, 3.63) is 41.7 Å². The number of rotatable bonds is 4. The molecule has 1 aliphatic rings. The van der Waals surface area contributed by atoms with Crippen LogP contribution in [0, 0.1) is 0 Å². The molecule has 1 aromatic carbocycles. The van der Waals surface area contributed by atoms with E-state index in [0.717, 1.165) is 24.0 Å². The van der Waals surface area contributed by atoms with E-state index in [-0.39, 0.29) is 5.76 Å². The molecule has 5 nitrogen and oxygen atoms in total. The Morgan fingerprint density at radius 2 is 2.00 bits per heavy atom. The Bertz CT molecular complexity index is 611. The molecule has 0 bridgehead atoms. The molecule has 1 aromatic heterocycles. The molecule has 2 aromatic rings. The molecule has 0 saturated heterocycles. The van der Waals surface area contributed by atoms with Gasteiger partial charge in [0.2, 0.25) is 5.76 Å². The minimum absolute atomic E-state index is 0.175. The number of carbonyl (C=O) groups is 1. The summed E-state index contributed by atoms with van der Waals surface area (Å²) in [5, 5.41) is 22.3. The fraction of sp³-hybridized carbons (Fsp3) is 0.286. The number of hydrogen-bond donors (Lipinski definition) is 2. The third-order valence-electron chi connectivity index (χ3n) is 3.33. The largest absolute Gasteiger partial charge is 0.475 e. The summed E-state index contributed by atoms with van der Waals surface area (Å²) in [5.41, 5.74) is 1.84. The lowest BCUT2D eigenvalue weighted by Gasteiger charge is -2.07. The maximum atomic E-state index is 10.7. The summed E-state index contributed by atoms with van der Waals surface area (Å²) in [7, 11) is 0. The van der Waals surface area contributed by atoms with Crippen LogP contribution in [-0.2, 0) is 6.42 Å². The van der Waals surface area contributed by atoms with Crippen molar-refractivity contribution in [2.24, 2.45) is 0 Å². The van der Waals surface area contributed by atoms with Gasteiger partial charge in [0.15, 0.2) is 0 Å². The minimum Gasteiger partial charge on any atom is -0.475 e. The summed E-state index contributed by atoms with van der Waals surface area (Å²) in [6, 6.07) is 8.93. The highest BCUT2D eigenvalue weighted by atomic mass is 16.5. The van der Waals surface area contributed by atoms with Crippen LogP contribution >= 0.6 is 0 Å². The van der Waals surface area contributed by atoms with Crippen molar-refractivity contribution in [1.29, 1.82) is 0 Å². The number of aromatic nitrogens is 1. The monoisotopic (exact) mass is 259 g/mol. The van der Waals surface area contributed by atoms with Gasteiger partial charge in [-0.3, -0.25) is 0 Å². The smallest absolute Gasteiger partial charge is 0.374 e. The zero-order valence-corrected chi connectivity index (χ0v) is 10.2. The molecule has 0 amide bonds. The van der Waals surface area contributed by atoms with E-state index in [4.69, 9.17) is 9.63 Å². The fourth-order valence-corrected chi connectivity index (χ4v) is 2.01. The molecule has 0 atom stereocenters. The summed E-state index contributed by atoms with van der Waals surface area (Å²) < 4.78 is 4.71. The molecule has 0 unspecified atom stereocenters.